The van der Waals surface area contributed by atoms with Crippen molar-refractivity contribution in [1.29, 1.82) is 0 Å². The number of hydrogen-bond acceptors (Lipinski definition) is 3. The molecule has 0 aliphatic heterocycles. The van der Waals surface area contributed by atoms with Gasteiger partial charge in [-0.05, 0) is 55.9 Å². The van der Waals surface area contributed by atoms with E-state index < -0.39 is 6.04 Å². The second-order valence-corrected chi connectivity index (χ2v) is 8.76. The highest BCUT2D eigenvalue weighted by molar-refractivity contribution is 5.88. The van der Waals surface area contributed by atoms with Crippen LogP contribution in [0.25, 0.3) is 0 Å². The molecule has 2 atom stereocenters. The minimum atomic E-state index is -0.551. The van der Waals surface area contributed by atoms with Crippen LogP contribution in [0.4, 0.5) is 0 Å². The van der Waals surface area contributed by atoms with Crippen LogP contribution in [0.1, 0.15) is 70.1 Å². The highest BCUT2D eigenvalue weighted by atomic mass is 16.5. The van der Waals surface area contributed by atoms with E-state index in [1.807, 2.05) is 76.2 Å². The molecule has 0 unspecified atom stereocenters. The van der Waals surface area contributed by atoms with Crippen molar-refractivity contribution < 1.29 is 14.3 Å². The Balaban J connectivity index is 2.18. The number of nitrogens with zero attached hydrogens (tertiary/aromatic N) is 1. The number of ether oxygens (including phenoxy) is 1. The number of benzene rings is 2. The van der Waals surface area contributed by atoms with Crippen LogP contribution < -0.4 is 10.1 Å². The first-order valence-corrected chi connectivity index (χ1v) is 11.6. The van der Waals surface area contributed by atoms with Crippen LogP contribution in [-0.4, -0.2) is 35.4 Å². The Kier molecular flexibility index (Phi) is 9.76. The Bertz CT molecular complexity index is 859. The van der Waals surface area contributed by atoms with Crippen molar-refractivity contribution in [3.05, 3.63) is 65.2 Å². The first kappa shape index (κ1) is 25.4. The third-order valence-electron chi connectivity index (χ3n) is 5.77. The molecular formula is C27H38N2O3. The van der Waals surface area contributed by atoms with Gasteiger partial charge in [-0.25, -0.2) is 0 Å². The van der Waals surface area contributed by atoms with E-state index in [-0.39, 0.29) is 24.5 Å². The van der Waals surface area contributed by atoms with Crippen molar-refractivity contribution in [3.8, 4) is 5.75 Å². The fourth-order valence-corrected chi connectivity index (χ4v) is 3.43. The number of carbonyl (C=O) groups is 2. The SMILES string of the molecule is CC[C@H](C(=O)N[C@@H](C)CC)N(Cc1ccc(C)cc1)C(=O)COc1ccc(C(C)C)cc1. The maximum atomic E-state index is 13.2. The Morgan fingerprint density at radius 1 is 0.938 bits per heavy atom. The summed E-state index contributed by atoms with van der Waals surface area (Å²) in [5.74, 6) is 0.758. The van der Waals surface area contributed by atoms with Crippen LogP contribution in [0.5, 0.6) is 5.75 Å². The van der Waals surface area contributed by atoms with Gasteiger partial charge in [0.15, 0.2) is 6.61 Å². The number of rotatable bonds is 11. The highest BCUT2D eigenvalue weighted by Gasteiger charge is 2.29. The first-order valence-electron chi connectivity index (χ1n) is 11.6. The minimum absolute atomic E-state index is 0.0589. The van der Waals surface area contributed by atoms with E-state index in [9.17, 15) is 9.59 Å². The van der Waals surface area contributed by atoms with Crippen molar-refractivity contribution in [1.82, 2.24) is 10.2 Å². The van der Waals surface area contributed by atoms with E-state index in [1.165, 1.54) is 5.56 Å². The fourth-order valence-electron chi connectivity index (χ4n) is 3.43. The van der Waals surface area contributed by atoms with Gasteiger partial charge in [0.1, 0.15) is 11.8 Å². The Hall–Kier alpha value is -2.82. The van der Waals surface area contributed by atoms with Gasteiger partial charge >= 0.3 is 0 Å². The second kappa shape index (κ2) is 12.3. The molecule has 174 valence electrons. The van der Waals surface area contributed by atoms with Gasteiger partial charge in [-0.1, -0.05) is 69.7 Å². The molecule has 0 heterocycles. The van der Waals surface area contributed by atoms with Gasteiger partial charge in [-0.2, -0.15) is 0 Å². The monoisotopic (exact) mass is 438 g/mol. The summed E-state index contributed by atoms with van der Waals surface area (Å²) in [7, 11) is 0. The molecule has 2 rings (SSSR count). The lowest BCUT2D eigenvalue weighted by Gasteiger charge is -2.31. The third-order valence-corrected chi connectivity index (χ3v) is 5.77. The molecule has 2 aromatic carbocycles. The molecule has 0 spiro atoms. The summed E-state index contributed by atoms with van der Waals surface area (Å²) in [6.07, 6.45) is 1.37. The van der Waals surface area contributed by atoms with Crippen molar-refractivity contribution in [3.63, 3.8) is 0 Å². The molecule has 0 aliphatic carbocycles. The summed E-state index contributed by atoms with van der Waals surface area (Å²) in [6, 6.07) is 15.4. The zero-order valence-electron chi connectivity index (χ0n) is 20.4. The maximum Gasteiger partial charge on any atom is 0.261 e. The largest absolute Gasteiger partial charge is 0.484 e. The average Bonchev–Trinajstić information content (AvgIpc) is 2.78. The van der Waals surface area contributed by atoms with Crippen molar-refractivity contribution >= 4 is 11.8 Å². The van der Waals surface area contributed by atoms with Crippen LogP contribution in [0, 0.1) is 6.92 Å². The van der Waals surface area contributed by atoms with E-state index in [2.05, 4.69) is 19.2 Å². The van der Waals surface area contributed by atoms with Crippen LogP contribution in [0.15, 0.2) is 48.5 Å². The average molecular weight is 439 g/mol. The molecule has 0 saturated carbocycles. The third kappa shape index (κ3) is 7.40. The molecule has 0 fully saturated rings. The van der Waals surface area contributed by atoms with E-state index in [1.54, 1.807) is 4.90 Å². The van der Waals surface area contributed by atoms with E-state index in [0.29, 0.717) is 24.6 Å². The van der Waals surface area contributed by atoms with Gasteiger partial charge in [-0.3, -0.25) is 9.59 Å². The van der Waals surface area contributed by atoms with Crippen molar-refractivity contribution in [2.45, 2.75) is 78.9 Å². The van der Waals surface area contributed by atoms with Crippen LogP contribution in [-0.2, 0) is 16.1 Å². The Morgan fingerprint density at radius 2 is 1.56 bits per heavy atom. The fraction of sp³-hybridized carbons (Fsp3) is 0.481. The number of aryl methyl sites for hydroxylation is 1. The maximum absolute atomic E-state index is 13.2. The van der Waals surface area contributed by atoms with Crippen LogP contribution >= 0.6 is 0 Å². The number of nitrogens with one attached hydrogen (secondary N) is 1. The summed E-state index contributed by atoms with van der Waals surface area (Å²) < 4.78 is 5.79. The Labute approximate surface area is 193 Å². The van der Waals surface area contributed by atoms with Crippen molar-refractivity contribution in [2.75, 3.05) is 6.61 Å². The van der Waals surface area contributed by atoms with E-state index >= 15 is 0 Å². The molecule has 0 aromatic heterocycles. The predicted molar refractivity (Wildman–Crippen MR) is 130 cm³/mol. The van der Waals surface area contributed by atoms with Gasteiger partial charge < -0.3 is 15.0 Å². The van der Waals surface area contributed by atoms with Gasteiger partial charge in [0.25, 0.3) is 5.91 Å². The summed E-state index contributed by atoms with van der Waals surface area (Å²) in [5.41, 5.74) is 3.36. The quantitative estimate of drug-likeness (QED) is 0.523. The normalized spacial score (nSPS) is 12.8. The topological polar surface area (TPSA) is 58.6 Å². The zero-order chi connectivity index (χ0) is 23.7. The molecule has 5 nitrogen and oxygen atoms in total. The number of amides is 2. The molecule has 5 heteroatoms. The highest BCUT2D eigenvalue weighted by Crippen LogP contribution is 2.19. The molecule has 1 N–H and O–H groups in total. The molecule has 0 bridgehead atoms. The summed E-state index contributed by atoms with van der Waals surface area (Å²) in [6.45, 7) is 12.5. The number of hydrogen-bond donors (Lipinski definition) is 1. The molecule has 32 heavy (non-hydrogen) atoms. The smallest absolute Gasteiger partial charge is 0.261 e. The summed E-state index contributed by atoms with van der Waals surface area (Å²) >= 11 is 0. The van der Waals surface area contributed by atoms with Crippen LogP contribution in [0.3, 0.4) is 0 Å². The zero-order valence-corrected chi connectivity index (χ0v) is 20.4. The van der Waals surface area contributed by atoms with E-state index in [4.69, 9.17) is 4.74 Å². The first-order chi connectivity index (χ1) is 15.2. The van der Waals surface area contributed by atoms with Gasteiger partial charge in [0.05, 0.1) is 0 Å². The van der Waals surface area contributed by atoms with Gasteiger partial charge in [0, 0.05) is 12.6 Å². The molecule has 2 aromatic rings. The lowest BCUT2D eigenvalue weighted by Crippen LogP contribution is -2.51. The second-order valence-electron chi connectivity index (χ2n) is 8.76. The summed E-state index contributed by atoms with van der Waals surface area (Å²) in [4.78, 5) is 27.9. The standard InChI is InChI=1S/C27H38N2O3/c1-7-21(6)28-27(31)25(8-2)29(17-22-11-9-20(5)10-12-22)26(30)18-32-24-15-13-23(14-16-24)19(3)4/h9-16,19,21,25H,7-8,17-18H2,1-6H3,(H,28,31)/t21-,25+/m0/s1. The van der Waals surface area contributed by atoms with Crippen LogP contribution in [0.2, 0.25) is 0 Å². The molecule has 0 radical (unpaired) electrons. The van der Waals surface area contributed by atoms with Gasteiger partial charge in [-0.15, -0.1) is 0 Å². The predicted octanol–water partition coefficient (Wildman–Crippen LogP) is 5.22. The summed E-state index contributed by atoms with van der Waals surface area (Å²) in [5, 5.41) is 3.03. The molecular weight excluding hydrogens is 400 g/mol. The minimum Gasteiger partial charge on any atom is -0.484 e. The molecule has 0 aliphatic rings. The molecule has 2 amide bonds. The Morgan fingerprint density at radius 3 is 2.09 bits per heavy atom. The number of carbonyl (C=O) groups excluding carboxylic acids is 2. The molecule has 0 saturated heterocycles. The lowest BCUT2D eigenvalue weighted by atomic mass is 10.0. The van der Waals surface area contributed by atoms with Crippen molar-refractivity contribution in [2.24, 2.45) is 0 Å². The lowest BCUT2D eigenvalue weighted by molar-refractivity contribution is -0.143. The van der Waals surface area contributed by atoms with Gasteiger partial charge in [0.2, 0.25) is 5.91 Å². The van der Waals surface area contributed by atoms with E-state index in [0.717, 1.165) is 17.5 Å².